The van der Waals surface area contributed by atoms with Crippen LogP contribution in [0.1, 0.15) is 11.1 Å². The minimum absolute atomic E-state index is 0.195. The Balaban J connectivity index is 2.08. The molecule has 0 amide bonds. The van der Waals surface area contributed by atoms with Crippen LogP contribution in [0.15, 0.2) is 41.4 Å². The van der Waals surface area contributed by atoms with Gasteiger partial charge in [-0.3, -0.25) is 4.99 Å². The van der Waals surface area contributed by atoms with Gasteiger partial charge in [-0.05, 0) is 17.7 Å². The Morgan fingerprint density at radius 2 is 2.10 bits per heavy atom. The molecular formula is C21H28FN5O3. The summed E-state index contributed by atoms with van der Waals surface area (Å²) in [5.74, 6) is 0.993. The molecule has 1 fully saturated rings. The van der Waals surface area contributed by atoms with Gasteiger partial charge in [0.25, 0.3) is 0 Å². The SMILES string of the molecule is CN=C(N)NC1(c2ccccc2F)CN(c2cc(COC)cc(OC)n2)CC1OC. The van der Waals surface area contributed by atoms with E-state index in [-0.39, 0.29) is 11.8 Å². The van der Waals surface area contributed by atoms with E-state index in [1.54, 1.807) is 46.6 Å². The van der Waals surface area contributed by atoms with E-state index in [1.807, 2.05) is 17.0 Å². The van der Waals surface area contributed by atoms with Crippen LogP contribution in [-0.2, 0) is 21.6 Å². The number of pyridine rings is 1. The maximum atomic E-state index is 14.9. The molecule has 1 saturated heterocycles. The van der Waals surface area contributed by atoms with Gasteiger partial charge in [-0.2, -0.15) is 4.98 Å². The van der Waals surface area contributed by atoms with Crippen molar-refractivity contribution in [3.63, 3.8) is 0 Å². The highest BCUT2D eigenvalue weighted by Crippen LogP contribution is 2.38. The number of nitrogens with one attached hydrogen (secondary N) is 1. The summed E-state index contributed by atoms with van der Waals surface area (Å²) in [4.78, 5) is 10.6. The molecule has 0 saturated carbocycles. The first kappa shape index (κ1) is 21.8. The molecule has 2 heterocycles. The summed E-state index contributed by atoms with van der Waals surface area (Å²) in [5, 5.41) is 3.21. The highest BCUT2D eigenvalue weighted by Gasteiger charge is 2.50. The van der Waals surface area contributed by atoms with Crippen LogP contribution in [0.25, 0.3) is 0 Å². The molecule has 8 nitrogen and oxygen atoms in total. The van der Waals surface area contributed by atoms with E-state index >= 15 is 0 Å². The number of nitrogens with zero attached hydrogens (tertiary/aromatic N) is 3. The van der Waals surface area contributed by atoms with Crippen molar-refractivity contribution in [3.05, 3.63) is 53.3 Å². The number of hydrogen-bond donors (Lipinski definition) is 2. The van der Waals surface area contributed by atoms with Gasteiger partial charge in [0.05, 0.1) is 13.7 Å². The predicted molar refractivity (Wildman–Crippen MR) is 113 cm³/mol. The average molecular weight is 417 g/mol. The highest BCUT2D eigenvalue weighted by atomic mass is 19.1. The summed E-state index contributed by atoms with van der Waals surface area (Å²) in [6.45, 7) is 1.23. The zero-order valence-corrected chi connectivity index (χ0v) is 17.7. The number of ether oxygens (including phenoxy) is 3. The monoisotopic (exact) mass is 417 g/mol. The zero-order chi connectivity index (χ0) is 21.7. The molecule has 1 aromatic heterocycles. The van der Waals surface area contributed by atoms with Gasteiger partial charge in [-0.1, -0.05) is 18.2 Å². The van der Waals surface area contributed by atoms with Crippen molar-refractivity contribution in [2.75, 3.05) is 46.4 Å². The van der Waals surface area contributed by atoms with Gasteiger partial charge >= 0.3 is 0 Å². The van der Waals surface area contributed by atoms with Crippen LogP contribution in [0.2, 0.25) is 0 Å². The smallest absolute Gasteiger partial charge is 0.215 e. The summed E-state index contributed by atoms with van der Waals surface area (Å²) >= 11 is 0. The van der Waals surface area contributed by atoms with Gasteiger partial charge in [0, 0.05) is 46.0 Å². The van der Waals surface area contributed by atoms with Crippen LogP contribution < -0.4 is 20.7 Å². The van der Waals surface area contributed by atoms with E-state index in [9.17, 15) is 4.39 Å². The van der Waals surface area contributed by atoms with Crippen LogP contribution in [0.4, 0.5) is 10.2 Å². The van der Waals surface area contributed by atoms with E-state index in [0.29, 0.717) is 37.0 Å². The van der Waals surface area contributed by atoms with Gasteiger partial charge in [-0.15, -0.1) is 0 Å². The molecule has 9 heteroatoms. The highest BCUT2D eigenvalue weighted by molar-refractivity contribution is 5.79. The maximum absolute atomic E-state index is 14.9. The third-order valence-electron chi connectivity index (χ3n) is 5.30. The van der Waals surface area contributed by atoms with Gasteiger partial charge in [-0.25, -0.2) is 4.39 Å². The van der Waals surface area contributed by atoms with Crippen LogP contribution in [-0.4, -0.2) is 58.5 Å². The van der Waals surface area contributed by atoms with E-state index in [2.05, 4.69) is 15.3 Å². The summed E-state index contributed by atoms with van der Waals surface area (Å²) in [5.41, 5.74) is 6.43. The normalized spacial score (nSPS) is 21.7. The van der Waals surface area contributed by atoms with Crippen molar-refractivity contribution in [1.29, 1.82) is 0 Å². The number of benzene rings is 1. The lowest BCUT2D eigenvalue weighted by Gasteiger charge is -2.36. The standard InChI is InChI=1S/C21H28FN5O3/c1-24-20(23)26-21(15-7-5-6-8-16(15)22)13-27(11-17(21)29-3)18-9-14(12-28-2)10-19(25-18)30-4/h5-10,17H,11-13H2,1-4H3,(H3,23,24,26). The number of aliphatic imine (C=N–C) groups is 1. The Hall–Kier alpha value is -2.91. The molecule has 1 aliphatic heterocycles. The second-order valence-corrected chi connectivity index (χ2v) is 7.10. The third-order valence-corrected chi connectivity index (χ3v) is 5.30. The van der Waals surface area contributed by atoms with Gasteiger partial charge in [0.15, 0.2) is 5.96 Å². The lowest BCUT2D eigenvalue weighted by molar-refractivity contribution is 0.0560. The molecule has 3 N–H and O–H groups in total. The Labute approximate surface area is 175 Å². The molecule has 0 spiro atoms. The second kappa shape index (κ2) is 9.27. The first-order chi connectivity index (χ1) is 14.5. The van der Waals surface area contributed by atoms with Crippen molar-refractivity contribution in [3.8, 4) is 5.88 Å². The largest absolute Gasteiger partial charge is 0.481 e. The van der Waals surface area contributed by atoms with Gasteiger partial charge in [0.1, 0.15) is 23.3 Å². The van der Waals surface area contributed by atoms with Crippen molar-refractivity contribution in [2.45, 2.75) is 18.2 Å². The summed E-state index contributed by atoms with van der Waals surface area (Å²) in [7, 11) is 6.37. The van der Waals surface area contributed by atoms with Crippen LogP contribution in [0.3, 0.4) is 0 Å². The quantitative estimate of drug-likeness (QED) is 0.522. The zero-order valence-electron chi connectivity index (χ0n) is 17.7. The summed E-state index contributed by atoms with van der Waals surface area (Å²) in [6, 6.07) is 10.3. The molecule has 0 radical (unpaired) electrons. The lowest BCUT2D eigenvalue weighted by Crippen LogP contribution is -2.57. The molecule has 0 aliphatic carbocycles. The molecule has 3 rings (SSSR count). The summed E-state index contributed by atoms with van der Waals surface area (Å²) < 4.78 is 31.3. The van der Waals surface area contributed by atoms with E-state index < -0.39 is 11.6 Å². The van der Waals surface area contributed by atoms with Gasteiger partial charge < -0.3 is 30.2 Å². The minimum Gasteiger partial charge on any atom is -0.481 e. The van der Waals surface area contributed by atoms with E-state index in [4.69, 9.17) is 19.9 Å². The summed E-state index contributed by atoms with van der Waals surface area (Å²) in [6.07, 6.45) is -0.423. The first-order valence-electron chi connectivity index (χ1n) is 9.54. The van der Waals surface area contributed by atoms with Crippen molar-refractivity contribution >= 4 is 11.8 Å². The molecule has 2 aromatic rings. The molecule has 162 valence electrons. The second-order valence-electron chi connectivity index (χ2n) is 7.10. The fourth-order valence-electron chi connectivity index (χ4n) is 3.89. The van der Waals surface area contributed by atoms with Crippen molar-refractivity contribution < 1.29 is 18.6 Å². The Kier molecular flexibility index (Phi) is 6.73. The topological polar surface area (TPSA) is 94.2 Å². The van der Waals surface area contributed by atoms with E-state index in [0.717, 1.165) is 5.56 Å². The third kappa shape index (κ3) is 4.17. The molecule has 0 bridgehead atoms. The number of anilines is 1. The molecule has 2 atom stereocenters. The molecule has 2 unspecified atom stereocenters. The van der Waals surface area contributed by atoms with E-state index in [1.165, 1.54) is 6.07 Å². The molecule has 1 aliphatic rings. The number of methoxy groups -OCH3 is 3. The molecular weight excluding hydrogens is 389 g/mol. The van der Waals surface area contributed by atoms with Crippen molar-refractivity contribution in [1.82, 2.24) is 10.3 Å². The Bertz CT molecular complexity index is 910. The minimum atomic E-state index is -0.962. The number of guanidine groups is 1. The molecule has 30 heavy (non-hydrogen) atoms. The van der Waals surface area contributed by atoms with Crippen LogP contribution in [0, 0.1) is 5.82 Å². The molecule has 1 aromatic carbocycles. The number of aromatic nitrogens is 1. The lowest BCUT2D eigenvalue weighted by atomic mass is 9.86. The maximum Gasteiger partial charge on any atom is 0.215 e. The number of halogens is 1. The average Bonchev–Trinajstić information content (AvgIpc) is 3.13. The fraction of sp³-hybridized carbons (Fsp3) is 0.429. The van der Waals surface area contributed by atoms with Crippen LogP contribution >= 0.6 is 0 Å². The number of rotatable bonds is 7. The van der Waals surface area contributed by atoms with Crippen molar-refractivity contribution in [2.24, 2.45) is 10.7 Å². The Morgan fingerprint density at radius 3 is 2.73 bits per heavy atom. The first-order valence-corrected chi connectivity index (χ1v) is 9.54. The number of nitrogens with two attached hydrogens (primary N) is 1. The van der Waals surface area contributed by atoms with Crippen LogP contribution in [0.5, 0.6) is 5.88 Å². The Morgan fingerprint density at radius 1 is 1.33 bits per heavy atom. The number of hydrogen-bond acceptors (Lipinski definition) is 6. The fourth-order valence-corrected chi connectivity index (χ4v) is 3.89. The van der Waals surface area contributed by atoms with Gasteiger partial charge in [0.2, 0.25) is 5.88 Å². The predicted octanol–water partition coefficient (Wildman–Crippen LogP) is 1.64.